The Bertz CT molecular complexity index is 441. The van der Waals surface area contributed by atoms with Crippen molar-refractivity contribution in [2.24, 2.45) is 0 Å². The van der Waals surface area contributed by atoms with Gasteiger partial charge in [0.2, 0.25) is 0 Å². The molecule has 1 N–H and O–H groups in total. The number of nitrogens with zero attached hydrogens (tertiary/aromatic N) is 1. The summed E-state index contributed by atoms with van der Waals surface area (Å²) in [7, 11) is 0. The minimum atomic E-state index is 0.348. The summed E-state index contributed by atoms with van der Waals surface area (Å²) in [6, 6.07) is 9.23. The van der Waals surface area contributed by atoms with Gasteiger partial charge in [0.05, 0.1) is 0 Å². The lowest BCUT2D eigenvalue weighted by molar-refractivity contribution is 0.202. The van der Waals surface area contributed by atoms with Crippen molar-refractivity contribution < 1.29 is 0 Å². The van der Waals surface area contributed by atoms with Crippen LogP contribution in [-0.2, 0) is 0 Å². The summed E-state index contributed by atoms with van der Waals surface area (Å²) in [5.41, 5.74) is 1.23. The van der Waals surface area contributed by atoms with E-state index in [1.54, 1.807) is 0 Å². The maximum Gasteiger partial charge on any atom is 0.0453 e. The third kappa shape index (κ3) is 4.62. The molecule has 0 bridgehead atoms. The van der Waals surface area contributed by atoms with E-state index >= 15 is 0 Å². The highest BCUT2D eigenvalue weighted by Crippen LogP contribution is 2.28. The van der Waals surface area contributed by atoms with Gasteiger partial charge in [-0.25, -0.2) is 0 Å². The summed E-state index contributed by atoms with van der Waals surface area (Å²) in [4.78, 5) is 2.63. The molecule has 1 heterocycles. The first kappa shape index (κ1) is 17.1. The molecule has 0 amide bonds. The Morgan fingerprint density at radius 1 is 1.38 bits per heavy atom. The van der Waals surface area contributed by atoms with Gasteiger partial charge in [-0.3, -0.25) is 4.90 Å². The van der Waals surface area contributed by atoms with E-state index < -0.39 is 0 Å². The number of rotatable bonds is 6. The van der Waals surface area contributed by atoms with Crippen LogP contribution in [0, 0.1) is 0 Å². The first-order valence-corrected chi connectivity index (χ1v) is 9.39. The molecule has 1 fully saturated rings. The molecule has 1 aliphatic rings. The quantitative estimate of drug-likeness (QED) is 0.843. The molecule has 21 heavy (non-hydrogen) atoms. The monoisotopic (exact) mass is 326 g/mol. The third-order valence-corrected chi connectivity index (χ3v) is 6.13. The van der Waals surface area contributed by atoms with Crippen molar-refractivity contribution in [3.63, 3.8) is 0 Å². The largest absolute Gasteiger partial charge is 0.310 e. The Morgan fingerprint density at radius 3 is 2.86 bits per heavy atom. The molecule has 4 heteroatoms. The van der Waals surface area contributed by atoms with Gasteiger partial charge in [0.25, 0.3) is 0 Å². The van der Waals surface area contributed by atoms with Crippen LogP contribution in [0.2, 0.25) is 5.02 Å². The number of halogens is 1. The van der Waals surface area contributed by atoms with Gasteiger partial charge in [0.15, 0.2) is 0 Å². The summed E-state index contributed by atoms with van der Waals surface area (Å²) in [6.45, 7) is 10.2. The van der Waals surface area contributed by atoms with E-state index in [1.807, 2.05) is 12.1 Å². The highest BCUT2D eigenvalue weighted by Gasteiger charge is 2.25. The molecule has 0 saturated carbocycles. The molecule has 3 unspecified atom stereocenters. The van der Waals surface area contributed by atoms with Crippen LogP contribution in [0.15, 0.2) is 24.3 Å². The van der Waals surface area contributed by atoms with Gasteiger partial charge in [0, 0.05) is 41.2 Å². The molecule has 0 aliphatic carbocycles. The van der Waals surface area contributed by atoms with Crippen LogP contribution < -0.4 is 5.32 Å². The van der Waals surface area contributed by atoms with Crippen LogP contribution in [0.4, 0.5) is 0 Å². The molecule has 0 spiro atoms. The second-order valence-electron chi connectivity index (χ2n) is 5.77. The Morgan fingerprint density at radius 2 is 2.14 bits per heavy atom. The van der Waals surface area contributed by atoms with E-state index in [9.17, 15) is 0 Å². The van der Waals surface area contributed by atoms with Gasteiger partial charge in [-0.05, 0) is 31.5 Å². The van der Waals surface area contributed by atoms with Crippen molar-refractivity contribution >= 4 is 23.4 Å². The molecule has 1 aliphatic heterocycles. The van der Waals surface area contributed by atoms with Crippen molar-refractivity contribution in [2.45, 2.75) is 44.5 Å². The van der Waals surface area contributed by atoms with Crippen LogP contribution in [-0.4, -0.2) is 41.6 Å². The fourth-order valence-electron chi connectivity index (χ4n) is 2.98. The number of hydrogen-bond donors (Lipinski definition) is 1. The van der Waals surface area contributed by atoms with Gasteiger partial charge in [-0.2, -0.15) is 11.8 Å². The SMILES string of the molecule is CCNC(CCN1CCSC(C)C1C)c1ccccc1Cl. The van der Waals surface area contributed by atoms with E-state index in [1.165, 1.54) is 17.9 Å². The summed E-state index contributed by atoms with van der Waals surface area (Å²) in [5, 5.41) is 5.20. The van der Waals surface area contributed by atoms with Gasteiger partial charge in [-0.15, -0.1) is 0 Å². The normalized spacial score (nSPS) is 25.0. The number of benzene rings is 1. The van der Waals surface area contributed by atoms with E-state index in [2.05, 4.69) is 54.9 Å². The number of hydrogen-bond acceptors (Lipinski definition) is 3. The average Bonchev–Trinajstić information content (AvgIpc) is 2.48. The number of thioether (sulfide) groups is 1. The molecular formula is C17H27ClN2S. The highest BCUT2D eigenvalue weighted by molar-refractivity contribution is 8.00. The van der Waals surface area contributed by atoms with Gasteiger partial charge < -0.3 is 5.32 Å². The van der Waals surface area contributed by atoms with Crippen molar-refractivity contribution in [3.8, 4) is 0 Å². The smallest absolute Gasteiger partial charge is 0.0453 e. The first-order chi connectivity index (χ1) is 10.1. The second kappa shape index (κ2) is 8.42. The molecule has 1 saturated heterocycles. The molecule has 1 aromatic carbocycles. The second-order valence-corrected chi connectivity index (χ2v) is 7.67. The van der Waals surface area contributed by atoms with Crippen LogP contribution in [0.25, 0.3) is 0 Å². The molecule has 0 radical (unpaired) electrons. The lowest BCUT2D eigenvalue weighted by Gasteiger charge is -2.38. The molecular weight excluding hydrogens is 300 g/mol. The van der Waals surface area contributed by atoms with E-state index in [0.717, 1.165) is 29.8 Å². The van der Waals surface area contributed by atoms with E-state index in [4.69, 9.17) is 11.6 Å². The first-order valence-electron chi connectivity index (χ1n) is 7.97. The molecule has 2 nitrogen and oxygen atoms in total. The van der Waals surface area contributed by atoms with E-state index in [-0.39, 0.29) is 0 Å². The summed E-state index contributed by atoms with van der Waals surface area (Å²) < 4.78 is 0. The number of nitrogens with one attached hydrogen (secondary N) is 1. The van der Waals surface area contributed by atoms with Gasteiger partial charge in [-0.1, -0.05) is 43.6 Å². The average molecular weight is 327 g/mol. The zero-order chi connectivity index (χ0) is 15.2. The van der Waals surface area contributed by atoms with Crippen LogP contribution in [0.1, 0.15) is 38.8 Å². The third-order valence-electron chi connectivity index (χ3n) is 4.45. The Kier molecular flexibility index (Phi) is 6.87. The van der Waals surface area contributed by atoms with Crippen molar-refractivity contribution in [1.29, 1.82) is 0 Å². The lowest BCUT2D eigenvalue weighted by atomic mass is 10.0. The van der Waals surface area contributed by atoms with Crippen molar-refractivity contribution in [3.05, 3.63) is 34.9 Å². The van der Waals surface area contributed by atoms with Crippen LogP contribution in [0.3, 0.4) is 0 Å². The maximum absolute atomic E-state index is 6.37. The predicted octanol–water partition coefficient (Wildman–Crippen LogP) is 4.21. The zero-order valence-electron chi connectivity index (χ0n) is 13.3. The Balaban J connectivity index is 1.99. The van der Waals surface area contributed by atoms with Gasteiger partial charge >= 0.3 is 0 Å². The van der Waals surface area contributed by atoms with Gasteiger partial charge in [0.1, 0.15) is 0 Å². The maximum atomic E-state index is 6.37. The minimum absolute atomic E-state index is 0.348. The van der Waals surface area contributed by atoms with Crippen LogP contribution in [0.5, 0.6) is 0 Å². The van der Waals surface area contributed by atoms with Crippen molar-refractivity contribution in [1.82, 2.24) is 10.2 Å². The Hall–Kier alpha value is -0.220. The lowest BCUT2D eigenvalue weighted by Crippen LogP contribution is -2.45. The standard InChI is InChI=1S/C17H27ClN2S/c1-4-19-17(15-7-5-6-8-16(15)18)9-10-20-11-12-21-14(3)13(20)2/h5-8,13-14,17,19H,4,9-12H2,1-3H3. The predicted molar refractivity (Wildman–Crippen MR) is 95.4 cm³/mol. The molecule has 1 aromatic rings. The molecule has 3 atom stereocenters. The molecule has 0 aromatic heterocycles. The van der Waals surface area contributed by atoms with Crippen LogP contribution >= 0.6 is 23.4 Å². The minimum Gasteiger partial charge on any atom is -0.310 e. The topological polar surface area (TPSA) is 15.3 Å². The van der Waals surface area contributed by atoms with E-state index in [0.29, 0.717) is 12.1 Å². The van der Waals surface area contributed by atoms with Crippen molar-refractivity contribution in [2.75, 3.05) is 25.4 Å². The summed E-state index contributed by atoms with van der Waals surface area (Å²) >= 11 is 8.47. The summed E-state index contributed by atoms with van der Waals surface area (Å²) in [5.74, 6) is 1.25. The fourth-order valence-corrected chi connectivity index (χ4v) is 4.41. The fraction of sp³-hybridized carbons (Fsp3) is 0.647. The molecule has 118 valence electrons. The zero-order valence-corrected chi connectivity index (χ0v) is 14.9. The Labute approximate surface area is 138 Å². The highest BCUT2D eigenvalue weighted by atomic mass is 35.5. The molecule has 2 rings (SSSR count). The summed E-state index contributed by atoms with van der Waals surface area (Å²) in [6.07, 6.45) is 1.11.